The van der Waals surface area contributed by atoms with E-state index in [1.165, 1.54) is 0 Å². The molecule has 4 rings (SSSR count). The molecule has 2 aromatic carbocycles. The molecule has 0 aliphatic carbocycles. The second-order valence-corrected chi connectivity index (χ2v) is 7.74. The minimum atomic E-state index is -0.902. The zero-order valence-electron chi connectivity index (χ0n) is 19.3. The van der Waals surface area contributed by atoms with E-state index in [1.807, 2.05) is 67.6 Å². The fourth-order valence-electron chi connectivity index (χ4n) is 3.26. The van der Waals surface area contributed by atoms with Crippen molar-refractivity contribution in [2.75, 3.05) is 0 Å². The van der Waals surface area contributed by atoms with Crippen LogP contribution in [0.15, 0.2) is 88.6 Å². The normalized spacial score (nSPS) is 11.3. The Hall–Kier alpha value is -4.46. The Balaban J connectivity index is 1.32. The molecule has 1 N–H and O–H groups in total. The number of rotatable bonds is 11. The SMILES string of the molecule is Cc1oc(-c2ccccc2)nc1COc1ccc(CON=C(CCC(=O)O)c2ccccn2)cc1. The second-order valence-electron chi connectivity index (χ2n) is 7.74. The highest BCUT2D eigenvalue weighted by Crippen LogP contribution is 2.23. The molecule has 0 aliphatic heterocycles. The second kappa shape index (κ2) is 11.6. The van der Waals surface area contributed by atoms with Gasteiger partial charge in [0.15, 0.2) is 0 Å². The average Bonchev–Trinajstić information content (AvgIpc) is 3.27. The number of oxazole rings is 1. The molecule has 35 heavy (non-hydrogen) atoms. The van der Waals surface area contributed by atoms with Gasteiger partial charge < -0.3 is 19.1 Å². The Kier molecular flexibility index (Phi) is 7.85. The lowest BCUT2D eigenvalue weighted by atomic mass is 10.1. The number of ether oxygens (including phenoxy) is 1. The molecule has 0 amide bonds. The standard InChI is InChI=1S/C27H25N3O5/c1-19-25(29-27(35-19)21-7-3-2-4-8-21)18-33-22-12-10-20(11-13-22)17-34-30-24(14-15-26(31)32)23-9-5-6-16-28-23/h2-13,16H,14-15,17-18H2,1H3,(H,31,32). The molecular formula is C27H25N3O5. The van der Waals surface area contributed by atoms with E-state index in [1.54, 1.807) is 18.3 Å². The van der Waals surface area contributed by atoms with Gasteiger partial charge in [-0.25, -0.2) is 4.98 Å². The van der Waals surface area contributed by atoms with Gasteiger partial charge >= 0.3 is 5.97 Å². The van der Waals surface area contributed by atoms with Gasteiger partial charge in [0, 0.05) is 18.2 Å². The first kappa shape index (κ1) is 23.7. The van der Waals surface area contributed by atoms with Crippen LogP contribution in [-0.2, 0) is 22.8 Å². The van der Waals surface area contributed by atoms with Crippen LogP contribution in [0.3, 0.4) is 0 Å². The molecule has 4 aromatic rings. The molecule has 0 saturated carbocycles. The van der Waals surface area contributed by atoms with E-state index in [0.29, 0.717) is 29.7 Å². The predicted molar refractivity (Wildman–Crippen MR) is 130 cm³/mol. The van der Waals surface area contributed by atoms with Crippen LogP contribution in [0.1, 0.15) is 35.6 Å². The van der Waals surface area contributed by atoms with Gasteiger partial charge in [-0.2, -0.15) is 0 Å². The van der Waals surface area contributed by atoms with Crippen molar-refractivity contribution < 1.29 is 23.9 Å². The third-order valence-electron chi connectivity index (χ3n) is 5.15. The van der Waals surface area contributed by atoms with Crippen LogP contribution < -0.4 is 4.74 Å². The minimum Gasteiger partial charge on any atom is -0.487 e. The number of pyridine rings is 1. The summed E-state index contributed by atoms with van der Waals surface area (Å²) in [6, 6.07) is 22.6. The van der Waals surface area contributed by atoms with Crippen molar-refractivity contribution in [3.63, 3.8) is 0 Å². The highest BCUT2D eigenvalue weighted by molar-refractivity contribution is 5.99. The molecule has 0 atom stereocenters. The number of aromatic nitrogens is 2. The molecule has 0 fully saturated rings. The Morgan fingerprint density at radius 3 is 2.46 bits per heavy atom. The van der Waals surface area contributed by atoms with Gasteiger partial charge in [-0.3, -0.25) is 9.78 Å². The first-order valence-corrected chi connectivity index (χ1v) is 11.1. The molecule has 8 nitrogen and oxygen atoms in total. The highest BCUT2D eigenvalue weighted by Gasteiger charge is 2.12. The number of nitrogens with zero attached hydrogens (tertiary/aromatic N) is 3. The Labute approximate surface area is 202 Å². The van der Waals surface area contributed by atoms with E-state index in [2.05, 4.69) is 15.1 Å². The number of oxime groups is 1. The van der Waals surface area contributed by atoms with Crippen molar-refractivity contribution in [2.45, 2.75) is 33.0 Å². The minimum absolute atomic E-state index is 0.0529. The first-order chi connectivity index (χ1) is 17.1. The number of hydrogen-bond donors (Lipinski definition) is 1. The number of aryl methyl sites for hydroxylation is 1. The quantitative estimate of drug-likeness (QED) is 0.230. The Bertz CT molecular complexity index is 1270. The van der Waals surface area contributed by atoms with Crippen LogP contribution in [0.4, 0.5) is 0 Å². The molecule has 0 spiro atoms. The largest absolute Gasteiger partial charge is 0.487 e. The summed E-state index contributed by atoms with van der Waals surface area (Å²) in [4.78, 5) is 25.2. The lowest BCUT2D eigenvalue weighted by Crippen LogP contribution is -2.08. The Morgan fingerprint density at radius 2 is 1.74 bits per heavy atom. The summed E-state index contributed by atoms with van der Waals surface area (Å²) in [6.07, 6.45) is 1.81. The molecular weight excluding hydrogens is 446 g/mol. The molecule has 2 heterocycles. The van der Waals surface area contributed by atoms with E-state index < -0.39 is 5.97 Å². The van der Waals surface area contributed by atoms with Crippen LogP contribution >= 0.6 is 0 Å². The number of carboxylic acid groups (broad SMARTS) is 1. The lowest BCUT2D eigenvalue weighted by molar-refractivity contribution is -0.136. The zero-order chi connectivity index (χ0) is 24.5. The van der Waals surface area contributed by atoms with Crippen LogP contribution in [-0.4, -0.2) is 26.8 Å². The van der Waals surface area contributed by atoms with Gasteiger partial charge in [-0.15, -0.1) is 0 Å². The molecule has 8 heteroatoms. The number of hydrogen-bond acceptors (Lipinski definition) is 7. The van der Waals surface area contributed by atoms with Gasteiger partial charge in [-0.05, 0) is 48.9 Å². The molecule has 178 valence electrons. The summed E-state index contributed by atoms with van der Waals surface area (Å²) < 4.78 is 11.7. The van der Waals surface area contributed by atoms with Gasteiger partial charge in [0.05, 0.1) is 12.1 Å². The lowest BCUT2D eigenvalue weighted by Gasteiger charge is -2.07. The monoisotopic (exact) mass is 471 g/mol. The summed E-state index contributed by atoms with van der Waals surface area (Å²) in [6.45, 7) is 2.39. The van der Waals surface area contributed by atoms with Gasteiger partial charge in [0.25, 0.3) is 0 Å². The summed E-state index contributed by atoms with van der Waals surface area (Å²) >= 11 is 0. The van der Waals surface area contributed by atoms with Crippen LogP contribution in [0.5, 0.6) is 5.75 Å². The fraction of sp³-hybridized carbons (Fsp3) is 0.185. The van der Waals surface area contributed by atoms with E-state index in [4.69, 9.17) is 19.1 Å². The van der Waals surface area contributed by atoms with Crippen LogP contribution in [0.2, 0.25) is 0 Å². The third-order valence-corrected chi connectivity index (χ3v) is 5.15. The number of carbonyl (C=O) groups is 1. The Morgan fingerprint density at radius 1 is 0.971 bits per heavy atom. The van der Waals surface area contributed by atoms with E-state index in [-0.39, 0.29) is 19.4 Å². The van der Waals surface area contributed by atoms with Gasteiger partial charge in [0.2, 0.25) is 5.89 Å². The average molecular weight is 472 g/mol. The van der Waals surface area contributed by atoms with Crippen molar-refractivity contribution in [3.8, 4) is 17.2 Å². The number of aliphatic carboxylic acids is 1. The van der Waals surface area contributed by atoms with Crippen molar-refractivity contribution in [1.82, 2.24) is 9.97 Å². The van der Waals surface area contributed by atoms with E-state index in [9.17, 15) is 4.79 Å². The predicted octanol–water partition coefficient (Wildman–Crippen LogP) is 5.41. The van der Waals surface area contributed by atoms with Gasteiger partial charge in [-0.1, -0.05) is 41.6 Å². The number of benzene rings is 2. The van der Waals surface area contributed by atoms with E-state index in [0.717, 1.165) is 22.6 Å². The van der Waals surface area contributed by atoms with Gasteiger partial charge in [0.1, 0.15) is 36.1 Å². The first-order valence-electron chi connectivity index (χ1n) is 11.1. The van der Waals surface area contributed by atoms with Crippen LogP contribution in [0.25, 0.3) is 11.5 Å². The fourth-order valence-corrected chi connectivity index (χ4v) is 3.26. The third kappa shape index (κ3) is 6.77. The maximum atomic E-state index is 11.0. The highest BCUT2D eigenvalue weighted by atomic mass is 16.6. The molecule has 0 bridgehead atoms. The van der Waals surface area contributed by atoms with Crippen LogP contribution in [0, 0.1) is 6.92 Å². The topological polar surface area (TPSA) is 107 Å². The molecule has 0 radical (unpaired) electrons. The summed E-state index contributed by atoms with van der Waals surface area (Å²) in [7, 11) is 0. The van der Waals surface area contributed by atoms with Crippen molar-refractivity contribution in [1.29, 1.82) is 0 Å². The summed E-state index contributed by atoms with van der Waals surface area (Å²) in [5.41, 5.74) is 3.64. The van der Waals surface area contributed by atoms with Crippen molar-refractivity contribution in [3.05, 3.63) is 102 Å². The summed E-state index contributed by atoms with van der Waals surface area (Å²) in [5.74, 6) is 1.08. The maximum Gasteiger partial charge on any atom is 0.303 e. The molecule has 0 aliphatic rings. The van der Waals surface area contributed by atoms with Crippen molar-refractivity contribution in [2.24, 2.45) is 5.16 Å². The zero-order valence-corrected chi connectivity index (χ0v) is 19.3. The van der Waals surface area contributed by atoms with Crippen molar-refractivity contribution >= 4 is 11.7 Å². The smallest absolute Gasteiger partial charge is 0.303 e. The maximum absolute atomic E-state index is 11.0. The molecule has 2 aromatic heterocycles. The molecule has 0 unspecified atom stereocenters. The summed E-state index contributed by atoms with van der Waals surface area (Å²) in [5, 5.41) is 13.1. The molecule has 0 saturated heterocycles. The van der Waals surface area contributed by atoms with E-state index >= 15 is 0 Å². The number of carboxylic acids is 1.